The fourth-order valence-corrected chi connectivity index (χ4v) is 2.71. The lowest BCUT2D eigenvalue weighted by Gasteiger charge is -2.22. The number of nitrogens with two attached hydrogens (primary N) is 1. The van der Waals surface area contributed by atoms with Crippen LogP contribution in [0.5, 0.6) is 5.75 Å². The summed E-state index contributed by atoms with van der Waals surface area (Å²) in [6.45, 7) is 3.29. The molecule has 0 fully saturated rings. The molecule has 0 aliphatic carbocycles. The molecule has 0 heterocycles. The standard InChI is InChI=1S/C18H25ClN4O2/c1-4-21-17-14(16(24-2)9-8-15(17)20)11-22-18(25-3)23-13-7-5-6-12(19)10-13/h5-10,18,21-23H,4,11,20H2,1-3H3. The second-order valence-corrected chi connectivity index (χ2v) is 5.83. The van der Waals surface area contributed by atoms with Crippen LogP contribution in [0.15, 0.2) is 36.4 Å². The molecule has 0 radical (unpaired) electrons. The highest BCUT2D eigenvalue weighted by molar-refractivity contribution is 6.30. The highest BCUT2D eigenvalue weighted by atomic mass is 35.5. The molecule has 0 bridgehead atoms. The van der Waals surface area contributed by atoms with Crippen molar-refractivity contribution in [2.75, 3.05) is 37.1 Å². The van der Waals surface area contributed by atoms with E-state index in [1.807, 2.05) is 43.3 Å². The Hall–Kier alpha value is -2.15. The lowest BCUT2D eigenvalue weighted by Crippen LogP contribution is -2.37. The van der Waals surface area contributed by atoms with Gasteiger partial charge < -0.3 is 25.8 Å². The molecule has 7 heteroatoms. The third kappa shape index (κ3) is 5.16. The Labute approximate surface area is 153 Å². The lowest BCUT2D eigenvalue weighted by molar-refractivity contribution is 0.0950. The summed E-state index contributed by atoms with van der Waals surface area (Å²) in [7, 11) is 3.26. The Kier molecular flexibility index (Phi) is 7.18. The van der Waals surface area contributed by atoms with E-state index in [4.69, 9.17) is 26.8 Å². The van der Waals surface area contributed by atoms with E-state index in [-0.39, 0.29) is 0 Å². The van der Waals surface area contributed by atoms with E-state index in [1.165, 1.54) is 0 Å². The van der Waals surface area contributed by atoms with Crippen LogP contribution < -0.4 is 26.4 Å². The van der Waals surface area contributed by atoms with E-state index in [9.17, 15) is 0 Å². The number of rotatable bonds is 9. The van der Waals surface area contributed by atoms with Crippen molar-refractivity contribution < 1.29 is 9.47 Å². The number of nitrogen functional groups attached to an aromatic ring is 1. The molecule has 0 saturated carbocycles. The largest absolute Gasteiger partial charge is 0.496 e. The van der Waals surface area contributed by atoms with Crippen molar-refractivity contribution in [3.8, 4) is 5.75 Å². The van der Waals surface area contributed by atoms with Crippen molar-refractivity contribution >= 4 is 28.7 Å². The van der Waals surface area contributed by atoms with E-state index in [0.29, 0.717) is 17.3 Å². The van der Waals surface area contributed by atoms with Gasteiger partial charge in [-0.3, -0.25) is 5.32 Å². The average molecular weight is 365 g/mol. The Bertz CT molecular complexity index is 697. The van der Waals surface area contributed by atoms with Gasteiger partial charge in [-0.1, -0.05) is 17.7 Å². The molecule has 136 valence electrons. The summed E-state index contributed by atoms with van der Waals surface area (Å²) in [6, 6.07) is 11.1. The first-order valence-corrected chi connectivity index (χ1v) is 8.44. The predicted molar refractivity (Wildman–Crippen MR) is 104 cm³/mol. The number of nitrogens with one attached hydrogen (secondary N) is 3. The molecule has 2 aromatic carbocycles. The van der Waals surface area contributed by atoms with Crippen molar-refractivity contribution in [2.45, 2.75) is 19.8 Å². The van der Waals surface area contributed by atoms with Crippen LogP contribution in [0.3, 0.4) is 0 Å². The van der Waals surface area contributed by atoms with Gasteiger partial charge in [-0.25, -0.2) is 0 Å². The maximum Gasteiger partial charge on any atom is 0.184 e. The van der Waals surface area contributed by atoms with Gasteiger partial charge in [-0.05, 0) is 37.3 Å². The van der Waals surface area contributed by atoms with Gasteiger partial charge in [0.15, 0.2) is 6.35 Å². The number of benzene rings is 2. The molecule has 0 aliphatic rings. The Balaban J connectivity index is 2.13. The topological polar surface area (TPSA) is 80.6 Å². The van der Waals surface area contributed by atoms with Gasteiger partial charge in [0, 0.05) is 36.5 Å². The summed E-state index contributed by atoms with van der Waals surface area (Å²) in [5, 5.41) is 10.5. The number of ether oxygens (including phenoxy) is 2. The first-order valence-electron chi connectivity index (χ1n) is 8.06. The van der Waals surface area contributed by atoms with Crippen molar-refractivity contribution in [1.82, 2.24) is 5.32 Å². The fraction of sp³-hybridized carbons (Fsp3) is 0.333. The molecule has 25 heavy (non-hydrogen) atoms. The van der Waals surface area contributed by atoms with Gasteiger partial charge in [0.05, 0.1) is 18.5 Å². The molecule has 5 N–H and O–H groups in total. The summed E-state index contributed by atoms with van der Waals surface area (Å²) in [6.07, 6.45) is -0.404. The molecule has 1 unspecified atom stereocenters. The summed E-state index contributed by atoms with van der Waals surface area (Å²) in [4.78, 5) is 0. The molecule has 0 spiro atoms. The van der Waals surface area contributed by atoms with E-state index in [0.717, 1.165) is 29.2 Å². The molecule has 6 nitrogen and oxygen atoms in total. The van der Waals surface area contributed by atoms with Gasteiger partial charge in [0.1, 0.15) is 5.75 Å². The zero-order valence-corrected chi connectivity index (χ0v) is 15.5. The second-order valence-electron chi connectivity index (χ2n) is 5.39. The lowest BCUT2D eigenvalue weighted by atomic mass is 10.1. The van der Waals surface area contributed by atoms with Crippen LogP contribution in [-0.2, 0) is 11.3 Å². The smallest absolute Gasteiger partial charge is 0.184 e. The van der Waals surface area contributed by atoms with E-state index in [2.05, 4.69) is 16.0 Å². The number of hydrogen-bond acceptors (Lipinski definition) is 6. The maximum atomic E-state index is 6.10. The molecule has 0 aliphatic heterocycles. The maximum absolute atomic E-state index is 6.10. The third-order valence-corrected chi connectivity index (χ3v) is 3.93. The van der Waals surface area contributed by atoms with Crippen LogP contribution >= 0.6 is 11.6 Å². The number of halogens is 1. The van der Waals surface area contributed by atoms with Gasteiger partial charge in [0.25, 0.3) is 0 Å². The van der Waals surface area contributed by atoms with Gasteiger partial charge in [0.2, 0.25) is 0 Å². The minimum atomic E-state index is -0.404. The quantitative estimate of drug-likeness (QED) is 0.403. The normalized spacial score (nSPS) is 11.8. The van der Waals surface area contributed by atoms with Crippen LogP contribution in [0.25, 0.3) is 0 Å². The molecule has 0 saturated heterocycles. The predicted octanol–water partition coefficient (Wildman–Crippen LogP) is 3.49. The highest BCUT2D eigenvalue weighted by Crippen LogP contribution is 2.32. The summed E-state index contributed by atoms with van der Waals surface area (Å²) < 4.78 is 10.9. The number of hydrogen-bond donors (Lipinski definition) is 4. The Morgan fingerprint density at radius 1 is 1.20 bits per heavy atom. The molecular formula is C18H25ClN4O2. The van der Waals surface area contributed by atoms with Crippen LogP contribution in [-0.4, -0.2) is 27.1 Å². The number of anilines is 3. The monoisotopic (exact) mass is 364 g/mol. The average Bonchev–Trinajstić information content (AvgIpc) is 2.61. The van der Waals surface area contributed by atoms with E-state index >= 15 is 0 Å². The van der Waals surface area contributed by atoms with E-state index in [1.54, 1.807) is 14.2 Å². The van der Waals surface area contributed by atoms with Gasteiger partial charge >= 0.3 is 0 Å². The summed E-state index contributed by atoms with van der Waals surface area (Å²) >= 11 is 6.02. The molecule has 1 atom stereocenters. The zero-order valence-electron chi connectivity index (χ0n) is 14.7. The van der Waals surface area contributed by atoms with Crippen molar-refractivity contribution in [1.29, 1.82) is 0 Å². The fourth-order valence-electron chi connectivity index (χ4n) is 2.52. The zero-order chi connectivity index (χ0) is 18.2. The Morgan fingerprint density at radius 2 is 2.00 bits per heavy atom. The third-order valence-electron chi connectivity index (χ3n) is 3.70. The molecule has 2 rings (SSSR count). The van der Waals surface area contributed by atoms with Gasteiger partial charge in [-0.15, -0.1) is 0 Å². The SMILES string of the molecule is CCNc1c(N)ccc(OC)c1CNC(Nc1cccc(Cl)c1)OC. The first kappa shape index (κ1) is 19.2. The molecule has 2 aromatic rings. The summed E-state index contributed by atoms with van der Waals surface area (Å²) in [5.41, 5.74) is 9.45. The second kappa shape index (κ2) is 9.36. The van der Waals surface area contributed by atoms with Crippen LogP contribution in [0.1, 0.15) is 12.5 Å². The minimum absolute atomic E-state index is 0.404. The molecular weight excluding hydrogens is 340 g/mol. The van der Waals surface area contributed by atoms with Crippen molar-refractivity contribution in [2.24, 2.45) is 0 Å². The van der Waals surface area contributed by atoms with Crippen LogP contribution in [0, 0.1) is 0 Å². The van der Waals surface area contributed by atoms with Gasteiger partial charge in [-0.2, -0.15) is 0 Å². The molecule has 0 aromatic heterocycles. The van der Waals surface area contributed by atoms with Crippen molar-refractivity contribution in [3.05, 3.63) is 47.0 Å². The highest BCUT2D eigenvalue weighted by Gasteiger charge is 2.14. The molecule has 0 amide bonds. The van der Waals surface area contributed by atoms with Crippen LogP contribution in [0.2, 0.25) is 5.02 Å². The Morgan fingerprint density at radius 3 is 2.64 bits per heavy atom. The number of methoxy groups -OCH3 is 2. The van der Waals surface area contributed by atoms with E-state index < -0.39 is 6.35 Å². The summed E-state index contributed by atoms with van der Waals surface area (Å²) in [5.74, 6) is 0.759. The minimum Gasteiger partial charge on any atom is -0.496 e. The first-order chi connectivity index (χ1) is 12.1. The van der Waals surface area contributed by atoms with Crippen LogP contribution in [0.4, 0.5) is 17.1 Å². The van der Waals surface area contributed by atoms with Crippen molar-refractivity contribution in [3.63, 3.8) is 0 Å².